The van der Waals surface area contributed by atoms with Gasteiger partial charge in [-0.1, -0.05) is 43.3 Å². The van der Waals surface area contributed by atoms with Crippen molar-refractivity contribution in [1.29, 1.82) is 0 Å². The van der Waals surface area contributed by atoms with E-state index in [0.29, 0.717) is 5.92 Å². The maximum absolute atomic E-state index is 7.60. The fraction of sp³-hybridized carbons (Fsp3) is 0.579. The van der Waals surface area contributed by atoms with E-state index in [0.717, 1.165) is 30.5 Å². The molecule has 0 aromatic heterocycles. The predicted molar refractivity (Wildman–Crippen MR) is 111 cm³/mol. The Kier molecular flexibility index (Phi) is 15.5. The van der Waals surface area contributed by atoms with Crippen molar-refractivity contribution in [3.8, 4) is 0 Å². The van der Waals surface area contributed by atoms with Gasteiger partial charge in [0.15, 0.2) is 0 Å². The minimum atomic E-state index is 0.0833. The summed E-state index contributed by atoms with van der Waals surface area (Å²) in [7, 11) is 2.10. The first-order chi connectivity index (χ1) is 11.6. The van der Waals surface area contributed by atoms with Crippen LogP contribution in [0.25, 0.3) is 0 Å². The molecule has 0 bridgehead atoms. The molecule has 5 heteroatoms. The van der Waals surface area contributed by atoms with E-state index in [1.807, 2.05) is 19.2 Å². The Hall–Kier alpha value is -0.600. The van der Waals surface area contributed by atoms with Crippen LogP contribution in [0.3, 0.4) is 0 Å². The predicted octanol–water partition coefficient (Wildman–Crippen LogP) is 4.57. The molecule has 0 aromatic rings. The third-order valence-electron chi connectivity index (χ3n) is 3.81. The van der Waals surface area contributed by atoms with Gasteiger partial charge in [0.2, 0.25) is 0 Å². The second kappa shape index (κ2) is 15.9. The third-order valence-corrected chi connectivity index (χ3v) is 4.07. The summed E-state index contributed by atoms with van der Waals surface area (Å²) in [5.41, 5.74) is 1.22. The highest BCUT2D eigenvalue weighted by atomic mass is 35.5. The zero-order valence-corrected chi connectivity index (χ0v) is 17.1. The zero-order chi connectivity index (χ0) is 18.2. The number of nitrogens with one attached hydrogen (secondary N) is 2. The maximum atomic E-state index is 7.60. The first-order valence-electron chi connectivity index (χ1n) is 8.64. The Bertz CT molecular complexity index is 422. The zero-order valence-electron chi connectivity index (χ0n) is 15.3. The Morgan fingerprint density at radius 2 is 2.21 bits per heavy atom. The standard InChI is InChI=1S/C18H29ClN2.CH5OP/c1-4-7-18(16-9-5-10-17(19)14-16)21-12-6-8-15(2)11-13-20-3;1-3-2/h4-5,7,10,14-16,20-21H,1,6,8-9,11-13H2,2-3H3;2-3H,1H3/b18-7-;. The Morgan fingerprint density at radius 3 is 2.79 bits per heavy atom. The first kappa shape index (κ1) is 23.4. The van der Waals surface area contributed by atoms with Crippen molar-refractivity contribution in [2.45, 2.75) is 32.6 Å². The SMILES string of the molecule is C=C/C=C(\NCCCC(C)CCNC)C1C=C(Cl)C=CC1.CPO. The third kappa shape index (κ3) is 11.9. The van der Waals surface area contributed by atoms with E-state index in [9.17, 15) is 0 Å². The van der Waals surface area contributed by atoms with E-state index < -0.39 is 0 Å². The molecule has 1 aliphatic rings. The van der Waals surface area contributed by atoms with Gasteiger partial charge in [-0.3, -0.25) is 0 Å². The van der Waals surface area contributed by atoms with Crippen LogP contribution in [0.4, 0.5) is 0 Å². The average Bonchev–Trinajstić information content (AvgIpc) is 2.56. The van der Waals surface area contributed by atoms with Crippen LogP contribution in [0.5, 0.6) is 0 Å². The van der Waals surface area contributed by atoms with Crippen LogP contribution in [0.1, 0.15) is 32.6 Å². The van der Waals surface area contributed by atoms with Gasteiger partial charge in [0.25, 0.3) is 0 Å². The number of allylic oxidation sites excluding steroid dienone is 6. The molecule has 0 spiro atoms. The van der Waals surface area contributed by atoms with Crippen molar-refractivity contribution >= 4 is 20.4 Å². The largest absolute Gasteiger partial charge is 0.388 e. The van der Waals surface area contributed by atoms with Crippen molar-refractivity contribution in [3.05, 3.63) is 47.7 Å². The molecule has 0 saturated heterocycles. The summed E-state index contributed by atoms with van der Waals surface area (Å²) in [5.74, 6) is 1.13. The molecule has 1 aliphatic carbocycles. The highest BCUT2D eigenvalue weighted by molar-refractivity contribution is 7.29. The number of rotatable bonds is 10. The molecule has 138 valence electrons. The molecule has 0 heterocycles. The summed E-state index contributed by atoms with van der Waals surface area (Å²) in [6.07, 6.45) is 14.8. The van der Waals surface area contributed by atoms with Crippen LogP contribution in [0, 0.1) is 11.8 Å². The second-order valence-corrected chi connectivity index (χ2v) is 6.83. The van der Waals surface area contributed by atoms with Gasteiger partial charge in [-0.2, -0.15) is 0 Å². The number of halogens is 1. The second-order valence-electron chi connectivity index (χ2n) is 5.94. The monoisotopic (exact) mass is 372 g/mol. The molecular weight excluding hydrogens is 339 g/mol. The summed E-state index contributed by atoms with van der Waals surface area (Å²) in [6.45, 7) is 9.96. The topological polar surface area (TPSA) is 44.3 Å². The van der Waals surface area contributed by atoms with Crippen LogP contribution in [0.2, 0.25) is 0 Å². The Morgan fingerprint density at radius 1 is 1.50 bits per heavy atom. The molecular formula is C19H34ClN2OP. The average molecular weight is 373 g/mol. The summed E-state index contributed by atoms with van der Waals surface area (Å²) in [4.78, 5) is 7.60. The van der Waals surface area contributed by atoms with Crippen LogP contribution in [-0.2, 0) is 0 Å². The van der Waals surface area contributed by atoms with E-state index >= 15 is 0 Å². The highest BCUT2D eigenvalue weighted by Gasteiger charge is 2.13. The lowest BCUT2D eigenvalue weighted by Gasteiger charge is -2.20. The lowest BCUT2D eigenvalue weighted by molar-refractivity contribution is 0.459. The Labute approximate surface area is 155 Å². The molecule has 0 aromatic carbocycles. The van der Waals surface area contributed by atoms with Crippen molar-refractivity contribution in [3.63, 3.8) is 0 Å². The van der Waals surface area contributed by atoms with E-state index in [1.165, 1.54) is 25.0 Å². The van der Waals surface area contributed by atoms with Gasteiger partial charge in [-0.25, -0.2) is 0 Å². The molecule has 24 heavy (non-hydrogen) atoms. The molecule has 3 atom stereocenters. The molecule has 3 unspecified atom stereocenters. The summed E-state index contributed by atoms with van der Waals surface area (Å²) in [6, 6.07) is 0. The van der Waals surface area contributed by atoms with E-state index in [-0.39, 0.29) is 8.81 Å². The van der Waals surface area contributed by atoms with Gasteiger partial charge >= 0.3 is 0 Å². The minimum Gasteiger partial charge on any atom is -0.388 e. The highest BCUT2D eigenvalue weighted by Crippen LogP contribution is 2.24. The van der Waals surface area contributed by atoms with Gasteiger partial charge in [0.1, 0.15) is 0 Å². The number of hydrogen-bond acceptors (Lipinski definition) is 3. The van der Waals surface area contributed by atoms with Crippen LogP contribution >= 0.6 is 20.4 Å². The number of hydrogen-bond donors (Lipinski definition) is 3. The van der Waals surface area contributed by atoms with Gasteiger partial charge in [0, 0.05) is 32.0 Å². The molecule has 3 N–H and O–H groups in total. The van der Waals surface area contributed by atoms with Crippen LogP contribution < -0.4 is 10.6 Å². The van der Waals surface area contributed by atoms with E-state index in [2.05, 4.69) is 42.4 Å². The molecule has 0 aliphatic heterocycles. The van der Waals surface area contributed by atoms with Crippen molar-refractivity contribution in [1.82, 2.24) is 10.6 Å². The van der Waals surface area contributed by atoms with Gasteiger partial charge in [-0.05, 0) is 64.0 Å². The normalized spacial score (nSPS) is 18.8. The quantitative estimate of drug-likeness (QED) is 0.299. The van der Waals surface area contributed by atoms with Crippen molar-refractivity contribution in [2.75, 3.05) is 26.8 Å². The van der Waals surface area contributed by atoms with Crippen LogP contribution in [0.15, 0.2) is 47.7 Å². The molecule has 0 saturated carbocycles. The molecule has 0 radical (unpaired) electrons. The van der Waals surface area contributed by atoms with Crippen molar-refractivity contribution in [2.24, 2.45) is 11.8 Å². The maximum Gasteiger partial charge on any atom is 0.0369 e. The van der Waals surface area contributed by atoms with Gasteiger partial charge < -0.3 is 15.5 Å². The molecule has 1 rings (SSSR count). The minimum absolute atomic E-state index is 0.0833. The lowest BCUT2D eigenvalue weighted by atomic mass is 9.96. The van der Waals surface area contributed by atoms with Crippen LogP contribution in [-0.4, -0.2) is 31.7 Å². The van der Waals surface area contributed by atoms with Crippen molar-refractivity contribution < 1.29 is 4.89 Å². The molecule has 0 amide bonds. The fourth-order valence-electron chi connectivity index (χ4n) is 2.52. The smallest absolute Gasteiger partial charge is 0.0369 e. The van der Waals surface area contributed by atoms with E-state index in [1.54, 1.807) is 6.66 Å². The first-order valence-corrected chi connectivity index (χ1v) is 10.5. The van der Waals surface area contributed by atoms with E-state index in [4.69, 9.17) is 16.5 Å². The molecule has 0 fully saturated rings. The lowest BCUT2D eigenvalue weighted by Crippen LogP contribution is -2.22. The Balaban J connectivity index is 0.00000163. The van der Waals surface area contributed by atoms with Gasteiger partial charge in [-0.15, -0.1) is 0 Å². The van der Waals surface area contributed by atoms with Gasteiger partial charge in [0.05, 0.1) is 0 Å². The molecule has 3 nitrogen and oxygen atoms in total. The summed E-state index contributed by atoms with van der Waals surface area (Å²) >= 11 is 6.09. The fourth-order valence-corrected chi connectivity index (χ4v) is 2.76. The summed E-state index contributed by atoms with van der Waals surface area (Å²) in [5, 5.41) is 7.59. The summed E-state index contributed by atoms with van der Waals surface area (Å²) < 4.78 is 0.